The molecular weight excluding hydrogens is 336 g/mol. The number of nitrogens with one attached hydrogen (secondary N) is 2. The maximum absolute atomic E-state index is 11.7. The van der Waals surface area contributed by atoms with Gasteiger partial charge in [-0.1, -0.05) is 6.08 Å². The molecule has 1 aromatic heterocycles. The number of rotatable bonds is 6. The lowest BCUT2D eigenvalue weighted by molar-refractivity contribution is 0.0958. The van der Waals surface area contributed by atoms with E-state index in [9.17, 15) is 4.79 Å². The van der Waals surface area contributed by atoms with Gasteiger partial charge in [0, 0.05) is 39.1 Å². The summed E-state index contributed by atoms with van der Waals surface area (Å²) in [5, 5.41) is 8.13. The van der Waals surface area contributed by atoms with Crippen LogP contribution in [0, 0.1) is 0 Å². The average Bonchev–Trinajstić information content (AvgIpc) is 2.89. The maximum atomic E-state index is 11.7. The van der Waals surface area contributed by atoms with Gasteiger partial charge in [-0.3, -0.25) is 4.79 Å². The second kappa shape index (κ2) is 7.26. The van der Waals surface area contributed by atoms with Crippen molar-refractivity contribution in [3.05, 3.63) is 63.3 Å². The van der Waals surface area contributed by atoms with E-state index >= 15 is 0 Å². The molecule has 1 amide bonds. The summed E-state index contributed by atoms with van der Waals surface area (Å²) in [6.07, 6.45) is 1.66. The zero-order valence-corrected chi connectivity index (χ0v) is 13.3. The quantitative estimate of drug-likeness (QED) is 0.772. The van der Waals surface area contributed by atoms with E-state index in [1.165, 1.54) is 4.88 Å². The summed E-state index contributed by atoms with van der Waals surface area (Å²) in [7, 11) is 0. The van der Waals surface area contributed by atoms with E-state index in [0.29, 0.717) is 12.1 Å². The number of halogens is 1. The second-order valence-corrected chi connectivity index (χ2v) is 6.07. The molecule has 0 bridgehead atoms. The van der Waals surface area contributed by atoms with Crippen molar-refractivity contribution >= 4 is 38.9 Å². The van der Waals surface area contributed by atoms with Gasteiger partial charge >= 0.3 is 0 Å². The molecule has 20 heavy (non-hydrogen) atoms. The lowest BCUT2D eigenvalue weighted by Crippen LogP contribution is -2.23. The topological polar surface area (TPSA) is 41.1 Å². The molecule has 2 rings (SSSR count). The molecule has 0 fully saturated rings. The van der Waals surface area contributed by atoms with E-state index in [-0.39, 0.29) is 5.91 Å². The fourth-order valence-electron chi connectivity index (χ4n) is 1.64. The van der Waals surface area contributed by atoms with Crippen LogP contribution in [0.15, 0.2) is 52.8 Å². The Labute approximate surface area is 130 Å². The summed E-state index contributed by atoms with van der Waals surface area (Å²) in [4.78, 5) is 13.0. The lowest BCUT2D eigenvalue weighted by Gasteiger charge is -2.06. The predicted molar refractivity (Wildman–Crippen MR) is 88.3 cm³/mol. The van der Waals surface area contributed by atoms with E-state index < -0.39 is 0 Å². The minimum Gasteiger partial charge on any atom is -0.380 e. The minimum atomic E-state index is -0.0846. The van der Waals surface area contributed by atoms with Crippen LogP contribution in [0.5, 0.6) is 0 Å². The molecule has 0 aliphatic rings. The van der Waals surface area contributed by atoms with Crippen LogP contribution >= 0.6 is 27.3 Å². The van der Waals surface area contributed by atoms with Gasteiger partial charge in [0.25, 0.3) is 5.91 Å². The summed E-state index contributed by atoms with van der Waals surface area (Å²) in [6.45, 7) is 4.82. The SMILES string of the molecule is C=CCNC(=O)c1ccc(NCc2cc(Br)cs2)cc1. The van der Waals surface area contributed by atoms with Gasteiger partial charge in [-0.05, 0) is 46.3 Å². The van der Waals surface area contributed by atoms with Crippen molar-refractivity contribution in [3.63, 3.8) is 0 Å². The Balaban J connectivity index is 1.91. The van der Waals surface area contributed by atoms with E-state index in [4.69, 9.17) is 0 Å². The summed E-state index contributed by atoms with van der Waals surface area (Å²) >= 11 is 5.14. The lowest BCUT2D eigenvalue weighted by atomic mass is 10.2. The fraction of sp³-hybridized carbons (Fsp3) is 0.133. The Kier molecular flexibility index (Phi) is 5.38. The molecule has 2 N–H and O–H groups in total. The molecule has 0 aliphatic heterocycles. The average molecular weight is 351 g/mol. The molecule has 104 valence electrons. The third kappa shape index (κ3) is 4.21. The van der Waals surface area contributed by atoms with Crippen LogP contribution in [0.3, 0.4) is 0 Å². The highest BCUT2D eigenvalue weighted by atomic mass is 79.9. The van der Waals surface area contributed by atoms with Crippen LogP contribution in [0.1, 0.15) is 15.2 Å². The number of anilines is 1. The van der Waals surface area contributed by atoms with Gasteiger partial charge in [-0.25, -0.2) is 0 Å². The fourth-order valence-corrected chi connectivity index (χ4v) is 3.03. The predicted octanol–water partition coefficient (Wildman–Crippen LogP) is 4.04. The smallest absolute Gasteiger partial charge is 0.251 e. The first-order chi connectivity index (χ1) is 9.69. The molecule has 0 saturated heterocycles. The normalized spacial score (nSPS) is 10.1. The van der Waals surface area contributed by atoms with Gasteiger partial charge in [-0.15, -0.1) is 17.9 Å². The largest absolute Gasteiger partial charge is 0.380 e. The zero-order valence-electron chi connectivity index (χ0n) is 10.9. The van der Waals surface area contributed by atoms with E-state index in [1.807, 2.05) is 24.3 Å². The number of benzene rings is 1. The third-order valence-electron chi connectivity index (χ3n) is 2.64. The van der Waals surface area contributed by atoms with Crippen molar-refractivity contribution in [2.45, 2.75) is 6.54 Å². The molecule has 0 radical (unpaired) electrons. The highest BCUT2D eigenvalue weighted by molar-refractivity contribution is 9.10. The van der Waals surface area contributed by atoms with Crippen LogP contribution in [0.2, 0.25) is 0 Å². The molecule has 0 aliphatic carbocycles. The number of hydrogen-bond donors (Lipinski definition) is 2. The van der Waals surface area contributed by atoms with E-state index in [0.717, 1.165) is 16.7 Å². The highest BCUT2D eigenvalue weighted by Crippen LogP contribution is 2.21. The number of amides is 1. The van der Waals surface area contributed by atoms with Crippen molar-refractivity contribution in [2.75, 3.05) is 11.9 Å². The molecule has 0 atom stereocenters. The van der Waals surface area contributed by atoms with Crippen LogP contribution in [-0.2, 0) is 6.54 Å². The van der Waals surface area contributed by atoms with Crippen LogP contribution in [0.4, 0.5) is 5.69 Å². The molecule has 2 aromatic rings. The van der Waals surface area contributed by atoms with Crippen LogP contribution in [0.25, 0.3) is 0 Å². The molecule has 1 aromatic carbocycles. The van der Waals surface area contributed by atoms with Crippen molar-refractivity contribution in [1.82, 2.24) is 5.32 Å². The number of carbonyl (C=O) groups is 1. The van der Waals surface area contributed by atoms with Gasteiger partial charge in [0.15, 0.2) is 0 Å². The Morgan fingerprint density at radius 3 is 2.70 bits per heavy atom. The molecule has 0 saturated carbocycles. The summed E-state index contributed by atoms with van der Waals surface area (Å²) in [6, 6.07) is 9.53. The van der Waals surface area contributed by atoms with Crippen molar-refractivity contribution in [1.29, 1.82) is 0 Å². The molecular formula is C15H15BrN2OS. The third-order valence-corrected chi connectivity index (χ3v) is 4.34. The summed E-state index contributed by atoms with van der Waals surface area (Å²) < 4.78 is 1.11. The Hall–Kier alpha value is -1.59. The first-order valence-corrected chi connectivity index (χ1v) is 7.82. The molecule has 0 unspecified atom stereocenters. The molecule has 0 spiro atoms. The van der Waals surface area contributed by atoms with E-state index in [2.05, 4.69) is 44.6 Å². The standard InChI is InChI=1S/C15H15BrN2OS/c1-2-7-17-15(19)11-3-5-13(6-4-11)18-9-14-8-12(16)10-20-14/h2-6,8,10,18H,1,7,9H2,(H,17,19). The number of carbonyl (C=O) groups excluding carboxylic acids is 1. The molecule has 5 heteroatoms. The first kappa shape index (κ1) is 14.8. The van der Waals surface area contributed by atoms with E-state index in [1.54, 1.807) is 17.4 Å². The highest BCUT2D eigenvalue weighted by Gasteiger charge is 2.04. The van der Waals surface area contributed by atoms with Crippen molar-refractivity contribution < 1.29 is 4.79 Å². The number of thiophene rings is 1. The van der Waals surface area contributed by atoms with Crippen molar-refractivity contribution in [2.24, 2.45) is 0 Å². The van der Waals surface area contributed by atoms with Crippen LogP contribution < -0.4 is 10.6 Å². The number of hydrogen-bond acceptors (Lipinski definition) is 3. The van der Waals surface area contributed by atoms with Gasteiger partial charge in [0.05, 0.1) is 0 Å². The van der Waals surface area contributed by atoms with Crippen molar-refractivity contribution in [3.8, 4) is 0 Å². The summed E-state index contributed by atoms with van der Waals surface area (Å²) in [5.41, 5.74) is 1.64. The Bertz CT molecular complexity index is 592. The van der Waals surface area contributed by atoms with Gasteiger partial charge in [0.1, 0.15) is 0 Å². The zero-order chi connectivity index (χ0) is 14.4. The first-order valence-electron chi connectivity index (χ1n) is 6.15. The van der Waals surface area contributed by atoms with Gasteiger partial charge in [-0.2, -0.15) is 0 Å². The summed E-state index contributed by atoms with van der Waals surface area (Å²) in [5.74, 6) is -0.0846. The van der Waals surface area contributed by atoms with Gasteiger partial charge < -0.3 is 10.6 Å². The minimum absolute atomic E-state index is 0.0846. The maximum Gasteiger partial charge on any atom is 0.251 e. The monoisotopic (exact) mass is 350 g/mol. The Morgan fingerprint density at radius 1 is 1.35 bits per heavy atom. The van der Waals surface area contributed by atoms with Gasteiger partial charge in [0.2, 0.25) is 0 Å². The van der Waals surface area contributed by atoms with Crippen LogP contribution in [-0.4, -0.2) is 12.5 Å². The Morgan fingerprint density at radius 2 is 2.10 bits per heavy atom. The second-order valence-electron chi connectivity index (χ2n) is 4.16. The molecule has 3 nitrogen and oxygen atoms in total. The molecule has 1 heterocycles.